The van der Waals surface area contributed by atoms with Crippen LogP contribution in [0.5, 0.6) is 0 Å². The predicted molar refractivity (Wildman–Crippen MR) is 210 cm³/mol. The number of fused-ring (bicyclic) bond motifs is 11. The summed E-state index contributed by atoms with van der Waals surface area (Å²) in [4.78, 5) is 9.27. The van der Waals surface area contributed by atoms with Crippen molar-refractivity contribution in [3.05, 3.63) is 205 Å². The number of hydrogen-bond acceptors (Lipinski definition) is 3. The summed E-state index contributed by atoms with van der Waals surface area (Å²) in [5, 5.41) is 0. The highest BCUT2D eigenvalue weighted by Gasteiger charge is 2.51. The summed E-state index contributed by atoms with van der Waals surface area (Å²) >= 11 is 0. The Morgan fingerprint density at radius 2 is 0.923 bits per heavy atom. The van der Waals surface area contributed by atoms with Crippen LogP contribution >= 0.6 is 0 Å². The minimum Gasteiger partial charge on any atom is -0.436 e. The Labute approximate surface area is 301 Å². The molecule has 0 N–H and O–H groups in total. The number of oxazole rings is 1. The smallest absolute Gasteiger partial charge is 0.227 e. The normalized spacial score (nSPS) is 13.2. The van der Waals surface area contributed by atoms with E-state index in [0.29, 0.717) is 5.89 Å². The van der Waals surface area contributed by atoms with Crippen molar-refractivity contribution in [3.63, 3.8) is 0 Å². The van der Waals surface area contributed by atoms with Crippen LogP contribution in [0.4, 0.5) is 0 Å². The summed E-state index contributed by atoms with van der Waals surface area (Å²) in [5.74, 6) is 0.616. The molecule has 0 saturated heterocycles. The largest absolute Gasteiger partial charge is 0.436 e. The lowest BCUT2D eigenvalue weighted by Crippen LogP contribution is -2.25. The van der Waals surface area contributed by atoms with Crippen LogP contribution in [0.1, 0.15) is 22.3 Å². The van der Waals surface area contributed by atoms with Crippen molar-refractivity contribution in [2.45, 2.75) is 5.41 Å². The highest BCUT2D eigenvalue weighted by molar-refractivity contribution is 5.96. The van der Waals surface area contributed by atoms with Crippen LogP contribution in [-0.4, -0.2) is 9.97 Å². The van der Waals surface area contributed by atoms with Crippen molar-refractivity contribution in [1.82, 2.24) is 9.97 Å². The zero-order valence-corrected chi connectivity index (χ0v) is 28.1. The third-order valence-electron chi connectivity index (χ3n) is 11.0. The van der Waals surface area contributed by atoms with Gasteiger partial charge in [0, 0.05) is 23.5 Å². The maximum atomic E-state index is 6.32. The van der Waals surface area contributed by atoms with Crippen LogP contribution in [0.2, 0.25) is 0 Å². The van der Waals surface area contributed by atoms with Crippen molar-refractivity contribution in [3.8, 4) is 67.1 Å². The fourth-order valence-corrected chi connectivity index (χ4v) is 8.72. The molecule has 52 heavy (non-hydrogen) atoms. The zero-order chi connectivity index (χ0) is 34.2. The summed E-state index contributed by atoms with van der Waals surface area (Å²) < 4.78 is 6.32. The molecule has 2 aliphatic carbocycles. The molecule has 0 amide bonds. The van der Waals surface area contributed by atoms with E-state index >= 15 is 0 Å². The van der Waals surface area contributed by atoms with E-state index in [1.165, 1.54) is 44.5 Å². The van der Waals surface area contributed by atoms with Crippen molar-refractivity contribution >= 4 is 11.1 Å². The van der Waals surface area contributed by atoms with Crippen molar-refractivity contribution in [2.24, 2.45) is 0 Å². The van der Waals surface area contributed by atoms with Crippen LogP contribution in [0.15, 0.2) is 187 Å². The van der Waals surface area contributed by atoms with Gasteiger partial charge in [0.25, 0.3) is 0 Å². The van der Waals surface area contributed by atoms with Gasteiger partial charge in [0.2, 0.25) is 5.89 Å². The number of aromatic nitrogens is 2. The first-order valence-corrected chi connectivity index (χ1v) is 17.7. The SMILES string of the molecule is c1cncc(-c2cccc(-c3ccc(-c4nc5cc(-c6ccc7c(c6)C6(c8ccccc8-c8ccccc86)c6ccccc6-7)ccc5o4)cc3)c2)c1. The first-order valence-electron chi connectivity index (χ1n) is 17.7. The summed E-state index contributed by atoms with van der Waals surface area (Å²) in [5.41, 5.74) is 19.6. The summed E-state index contributed by atoms with van der Waals surface area (Å²) in [7, 11) is 0. The van der Waals surface area contributed by atoms with Gasteiger partial charge in [0.15, 0.2) is 5.58 Å². The number of benzene rings is 7. The summed E-state index contributed by atoms with van der Waals surface area (Å²) in [6.07, 6.45) is 3.70. The second-order valence-corrected chi connectivity index (χ2v) is 13.7. The van der Waals surface area contributed by atoms with Gasteiger partial charge in [-0.1, -0.05) is 127 Å². The van der Waals surface area contributed by atoms with Gasteiger partial charge in [-0.15, -0.1) is 0 Å². The molecule has 2 heterocycles. The molecule has 0 radical (unpaired) electrons. The minimum atomic E-state index is -0.369. The molecule has 2 aliphatic rings. The molecule has 0 saturated carbocycles. The molecule has 242 valence electrons. The molecular formula is C49H30N2O. The van der Waals surface area contributed by atoms with Gasteiger partial charge >= 0.3 is 0 Å². The molecule has 7 aromatic carbocycles. The third kappa shape index (κ3) is 4.14. The van der Waals surface area contributed by atoms with E-state index < -0.39 is 0 Å². The molecule has 0 atom stereocenters. The Morgan fingerprint density at radius 3 is 1.60 bits per heavy atom. The first kappa shape index (κ1) is 28.9. The molecule has 0 aliphatic heterocycles. The van der Waals surface area contributed by atoms with Crippen molar-refractivity contribution < 1.29 is 4.42 Å². The third-order valence-corrected chi connectivity index (χ3v) is 11.0. The van der Waals surface area contributed by atoms with Gasteiger partial charge in [-0.25, -0.2) is 4.98 Å². The Morgan fingerprint density at radius 1 is 0.385 bits per heavy atom. The van der Waals surface area contributed by atoms with E-state index in [2.05, 4.69) is 169 Å². The number of nitrogens with zero attached hydrogens (tertiary/aromatic N) is 2. The van der Waals surface area contributed by atoms with Crippen LogP contribution < -0.4 is 0 Å². The molecule has 0 fully saturated rings. The summed E-state index contributed by atoms with van der Waals surface area (Å²) in [6, 6.07) is 61.2. The lowest BCUT2D eigenvalue weighted by atomic mass is 9.70. The predicted octanol–water partition coefficient (Wildman–Crippen LogP) is 12.2. The summed E-state index contributed by atoms with van der Waals surface area (Å²) in [6.45, 7) is 0. The van der Waals surface area contributed by atoms with Gasteiger partial charge in [-0.3, -0.25) is 4.98 Å². The van der Waals surface area contributed by atoms with Crippen LogP contribution in [0.25, 0.3) is 78.2 Å². The molecule has 11 rings (SSSR count). The Hall–Kier alpha value is -6.84. The molecule has 0 unspecified atom stereocenters. The highest BCUT2D eigenvalue weighted by Crippen LogP contribution is 2.63. The molecule has 1 spiro atoms. The maximum Gasteiger partial charge on any atom is 0.227 e. The van der Waals surface area contributed by atoms with Crippen molar-refractivity contribution in [2.75, 3.05) is 0 Å². The molecule has 2 aromatic heterocycles. The van der Waals surface area contributed by atoms with Crippen molar-refractivity contribution in [1.29, 1.82) is 0 Å². The number of pyridine rings is 1. The molecule has 9 aromatic rings. The second kappa shape index (κ2) is 11.1. The van der Waals surface area contributed by atoms with Gasteiger partial charge in [-0.2, -0.15) is 0 Å². The van der Waals surface area contributed by atoms with Crippen LogP contribution in [0.3, 0.4) is 0 Å². The van der Waals surface area contributed by atoms with Crippen LogP contribution in [0, 0.1) is 0 Å². The van der Waals surface area contributed by atoms with Gasteiger partial charge < -0.3 is 4.42 Å². The number of hydrogen-bond donors (Lipinski definition) is 0. The van der Waals surface area contributed by atoms with Gasteiger partial charge in [0.05, 0.1) is 5.41 Å². The zero-order valence-electron chi connectivity index (χ0n) is 28.1. The Kier molecular flexibility index (Phi) is 6.17. The van der Waals surface area contributed by atoms with Gasteiger partial charge in [-0.05, 0) is 115 Å². The fraction of sp³-hybridized carbons (Fsp3) is 0.0204. The maximum absolute atomic E-state index is 6.32. The van der Waals surface area contributed by atoms with Gasteiger partial charge in [0.1, 0.15) is 5.52 Å². The quantitative estimate of drug-likeness (QED) is 0.188. The second-order valence-electron chi connectivity index (χ2n) is 13.7. The topological polar surface area (TPSA) is 38.9 Å². The molecular weight excluding hydrogens is 633 g/mol. The standard InChI is InChI=1S/C49H30N2O/c1-4-15-42-38(12-1)39-13-2-5-16-43(39)49(42)44-17-6-3-14-40(44)41-24-22-35(28-45(41)49)36-23-25-47-46(29-36)51-48(52-47)32-20-18-31(19-21-32)33-9-7-10-34(27-33)37-11-8-26-50-30-37/h1-30H. The van der Waals surface area contributed by atoms with E-state index in [1.54, 1.807) is 6.20 Å². The lowest BCUT2D eigenvalue weighted by Gasteiger charge is -2.30. The average molecular weight is 663 g/mol. The van der Waals surface area contributed by atoms with E-state index in [-0.39, 0.29) is 5.41 Å². The Bertz CT molecular complexity index is 2780. The first-order chi connectivity index (χ1) is 25.8. The highest BCUT2D eigenvalue weighted by atomic mass is 16.3. The van der Waals surface area contributed by atoms with E-state index in [0.717, 1.165) is 50.0 Å². The molecule has 0 bridgehead atoms. The Balaban J connectivity index is 0.971. The molecule has 3 heteroatoms. The molecule has 3 nitrogen and oxygen atoms in total. The monoisotopic (exact) mass is 662 g/mol. The minimum absolute atomic E-state index is 0.369. The van der Waals surface area contributed by atoms with Crippen LogP contribution in [-0.2, 0) is 5.41 Å². The fourth-order valence-electron chi connectivity index (χ4n) is 8.72. The van der Waals surface area contributed by atoms with E-state index in [9.17, 15) is 0 Å². The van der Waals surface area contributed by atoms with E-state index in [1.807, 2.05) is 12.3 Å². The lowest BCUT2D eigenvalue weighted by molar-refractivity contribution is 0.620. The average Bonchev–Trinajstić information content (AvgIpc) is 3.88. The number of rotatable bonds is 4. The van der Waals surface area contributed by atoms with E-state index in [4.69, 9.17) is 9.40 Å².